The number of halogens is 1. The molecule has 5 rings (SSSR count). The SMILES string of the molecule is O=C(CN1C(=O)C2(COc3ccc(F)cc3)CC2c2ccccc21)NCCOCc1ccccc1. The van der Waals surface area contributed by atoms with Crippen LogP contribution < -0.4 is 15.0 Å². The van der Waals surface area contributed by atoms with Crippen LogP contribution in [0, 0.1) is 11.2 Å². The largest absolute Gasteiger partial charge is 0.492 e. The van der Waals surface area contributed by atoms with Gasteiger partial charge in [0.25, 0.3) is 0 Å². The van der Waals surface area contributed by atoms with Crippen LogP contribution in [0.4, 0.5) is 10.1 Å². The van der Waals surface area contributed by atoms with E-state index in [2.05, 4.69) is 5.32 Å². The molecule has 3 aromatic rings. The van der Waals surface area contributed by atoms with Crippen LogP contribution in [0.25, 0.3) is 0 Å². The van der Waals surface area contributed by atoms with Crippen molar-refractivity contribution in [2.75, 3.05) is 31.2 Å². The van der Waals surface area contributed by atoms with Crippen LogP contribution in [-0.4, -0.2) is 38.1 Å². The predicted molar refractivity (Wildman–Crippen MR) is 130 cm³/mol. The summed E-state index contributed by atoms with van der Waals surface area (Å²) in [6.45, 7) is 1.33. The van der Waals surface area contributed by atoms with Crippen molar-refractivity contribution in [2.24, 2.45) is 5.41 Å². The van der Waals surface area contributed by atoms with E-state index in [0.29, 0.717) is 31.9 Å². The molecule has 0 bridgehead atoms. The maximum atomic E-state index is 13.6. The lowest BCUT2D eigenvalue weighted by atomic mass is 9.92. The third kappa shape index (κ3) is 4.91. The van der Waals surface area contributed by atoms with Gasteiger partial charge < -0.3 is 19.7 Å². The van der Waals surface area contributed by atoms with E-state index >= 15 is 0 Å². The Hall–Kier alpha value is -3.71. The summed E-state index contributed by atoms with van der Waals surface area (Å²) in [5.74, 6) is -0.135. The fraction of sp³-hybridized carbons (Fsp3) is 0.286. The number of nitrogens with one attached hydrogen (secondary N) is 1. The Labute approximate surface area is 203 Å². The Morgan fingerprint density at radius 2 is 1.77 bits per heavy atom. The van der Waals surface area contributed by atoms with Gasteiger partial charge in [0, 0.05) is 18.2 Å². The average molecular weight is 475 g/mol. The summed E-state index contributed by atoms with van der Waals surface area (Å²) in [7, 11) is 0. The second-order valence-electron chi connectivity index (χ2n) is 8.99. The van der Waals surface area contributed by atoms with Gasteiger partial charge >= 0.3 is 0 Å². The number of hydrogen-bond donors (Lipinski definition) is 1. The minimum Gasteiger partial charge on any atom is -0.492 e. The number of para-hydroxylation sites is 1. The summed E-state index contributed by atoms with van der Waals surface area (Å²) in [5.41, 5.74) is 2.19. The molecule has 2 unspecified atom stereocenters. The summed E-state index contributed by atoms with van der Waals surface area (Å²) in [6, 6.07) is 23.3. The molecule has 1 N–H and O–H groups in total. The zero-order valence-corrected chi connectivity index (χ0v) is 19.3. The van der Waals surface area contributed by atoms with Gasteiger partial charge in [0.05, 0.1) is 18.6 Å². The first kappa shape index (κ1) is 23.1. The highest BCUT2D eigenvalue weighted by Crippen LogP contribution is 2.65. The summed E-state index contributed by atoms with van der Waals surface area (Å²) < 4.78 is 24.7. The summed E-state index contributed by atoms with van der Waals surface area (Å²) in [6.07, 6.45) is 0.662. The molecule has 1 aliphatic carbocycles. The van der Waals surface area contributed by atoms with Crippen molar-refractivity contribution < 1.29 is 23.5 Å². The van der Waals surface area contributed by atoms with Gasteiger partial charge in [-0.2, -0.15) is 0 Å². The predicted octanol–water partition coefficient (Wildman–Crippen LogP) is 4.06. The van der Waals surface area contributed by atoms with Crippen LogP contribution >= 0.6 is 0 Å². The first-order chi connectivity index (χ1) is 17.1. The smallest absolute Gasteiger partial charge is 0.240 e. The molecule has 35 heavy (non-hydrogen) atoms. The Morgan fingerprint density at radius 3 is 2.57 bits per heavy atom. The van der Waals surface area contributed by atoms with Gasteiger partial charge in [-0.1, -0.05) is 48.5 Å². The summed E-state index contributed by atoms with van der Waals surface area (Å²) >= 11 is 0. The van der Waals surface area contributed by atoms with E-state index in [1.54, 1.807) is 17.0 Å². The van der Waals surface area contributed by atoms with Gasteiger partial charge in [-0.15, -0.1) is 0 Å². The molecule has 7 heteroatoms. The molecule has 1 saturated carbocycles. The van der Waals surface area contributed by atoms with Gasteiger partial charge in [0.2, 0.25) is 11.8 Å². The number of nitrogens with zero attached hydrogens (tertiary/aromatic N) is 1. The lowest BCUT2D eigenvalue weighted by Crippen LogP contribution is -2.48. The Balaban J connectivity index is 1.19. The monoisotopic (exact) mass is 474 g/mol. The van der Waals surface area contributed by atoms with Gasteiger partial charge in [-0.3, -0.25) is 9.59 Å². The highest BCUT2D eigenvalue weighted by Gasteiger charge is 2.66. The quantitative estimate of drug-likeness (QED) is 0.450. The van der Waals surface area contributed by atoms with E-state index in [1.165, 1.54) is 12.1 Å². The van der Waals surface area contributed by atoms with E-state index in [9.17, 15) is 14.0 Å². The second-order valence-corrected chi connectivity index (χ2v) is 8.99. The van der Waals surface area contributed by atoms with Crippen molar-refractivity contribution in [1.82, 2.24) is 5.32 Å². The first-order valence-electron chi connectivity index (χ1n) is 11.7. The van der Waals surface area contributed by atoms with Crippen LogP contribution in [0.1, 0.15) is 23.5 Å². The number of ether oxygens (including phenoxy) is 2. The molecule has 1 fully saturated rings. The van der Waals surface area contributed by atoms with E-state index in [4.69, 9.17) is 9.47 Å². The van der Waals surface area contributed by atoms with Gasteiger partial charge in [0.1, 0.15) is 24.7 Å². The molecule has 0 saturated heterocycles. The van der Waals surface area contributed by atoms with Crippen LogP contribution in [0.15, 0.2) is 78.9 Å². The van der Waals surface area contributed by atoms with Crippen LogP contribution in [0.3, 0.4) is 0 Å². The fourth-order valence-electron chi connectivity index (χ4n) is 4.70. The van der Waals surface area contributed by atoms with Crippen molar-refractivity contribution >= 4 is 17.5 Å². The van der Waals surface area contributed by atoms with Gasteiger partial charge in [0.15, 0.2) is 0 Å². The van der Waals surface area contributed by atoms with Crippen LogP contribution in [-0.2, 0) is 20.9 Å². The fourth-order valence-corrected chi connectivity index (χ4v) is 4.70. The highest BCUT2D eigenvalue weighted by atomic mass is 19.1. The van der Waals surface area contributed by atoms with Crippen molar-refractivity contribution in [2.45, 2.75) is 18.9 Å². The van der Waals surface area contributed by atoms with Crippen molar-refractivity contribution in [3.63, 3.8) is 0 Å². The standard InChI is InChI=1S/C28H27FN2O4/c29-21-10-12-22(13-11-21)35-19-28-16-24(28)23-8-4-5-9-25(23)31(27(28)33)17-26(32)30-14-15-34-18-20-6-2-1-3-7-20/h1-13,24H,14-19H2,(H,30,32). The topological polar surface area (TPSA) is 67.9 Å². The summed E-state index contributed by atoms with van der Waals surface area (Å²) in [4.78, 5) is 27.8. The average Bonchev–Trinajstić information content (AvgIpc) is 3.63. The molecular weight excluding hydrogens is 447 g/mol. The number of benzene rings is 3. The van der Waals surface area contributed by atoms with E-state index in [1.807, 2.05) is 54.6 Å². The first-order valence-corrected chi connectivity index (χ1v) is 11.7. The molecule has 0 radical (unpaired) electrons. The third-order valence-electron chi connectivity index (χ3n) is 6.64. The maximum absolute atomic E-state index is 13.6. The molecule has 2 aliphatic rings. The van der Waals surface area contributed by atoms with E-state index in [0.717, 1.165) is 16.8 Å². The second kappa shape index (κ2) is 9.88. The molecule has 0 aromatic heterocycles. The van der Waals surface area contributed by atoms with Crippen molar-refractivity contribution in [3.05, 3.63) is 95.8 Å². The maximum Gasteiger partial charge on any atom is 0.240 e. The lowest BCUT2D eigenvalue weighted by Gasteiger charge is -2.33. The number of fused-ring (bicyclic) bond motifs is 3. The Kier molecular flexibility index (Phi) is 6.51. The molecule has 180 valence electrons. The zero-order chi connectivity index (χ0) is 24.3. The Morgan fingerprint density at radius 1 is 1.03 bits per heavy atom. The molecule has 1 aliphatic heterocycles. The minimum absolute atomic E-state index is 0.0531. The molecular formula is C28H27FN2O4. The van der Waals surface area contributed by atoms with Crippen LogP contribution in [0.2, 0.25) is 0 Å². The Bertz CT molecular complexity index is 1200. The van der Waals surface area contributed by atoms with Gasteiger partial charge in [-0.25, -0.2) is 4.39 Å². The number of amides is 2. The molecule has 1 heterocycles. The van der Waals surface area contributed by atoms with Crippen molar-refractivity contribution in [1.29, 1.82) is 0 Å². The number of carbonyl (C=O) groups is 2. The molecule has 2 atom stereocenters. The number of anilines is 1. The number of hydrogen-bond acceptors (Lipinski definition) is 4. The summed E-state index contributed by atoms with van der Waals surface area (Å²) in [5, 5.41) is 2.85. The lowest BCUT2D eigenvalue weighted by molar-refractivity contribution is -0.128. The normalized spacial score (nSPS) is 20.1. The highest BCUT2D eigenvalue weighted by molar-refractivity contribution is 6.07. The van der Waals surface area contributed by atoms with Crippen molar-refractivity contribution in [3.8, 4) is 5.75 Å². The van der Waals surface area contributed by atoms with E-state index in [-0.39, 0.29) is 36.7 Å². The minimum atomic E-state index is -0.707. The van der Waals surface area contributed by atoms with Crippen LogP contribution in [0.5, 0.6) is 5.75 Å². The molecule has 3 aromatic carbocycles. The number of rotatable bonds is 10. The van der Waals surface area contributed by atoms with Gasteiger partial charge in [-0.05, 0) is 47.9 Å². The molecule has 0 spiro atoms. The molecule has 6 nitrogen and oxygen atoms in total. The molecule has 2 amide bonds. The van der Waals surface area contributed by atoms with E-state index < -0.39 is 5.41 Å². The number of carbonyl (C=O) groups excluding carboxylic acids is 2. The zero-order valence-electron chi connectivity index (χ0n) is 19.3. The third-order valence-corrected chi connectivity index (χ3v) is 6.64.